The van der Waals surface area contributed by atoms with E-state index < -0.39 is 17.8 Å². The van der Waals surface area contributed by atoms with Crippen molar-refractivity contribution >= 4 is 0 Å². The quantitative estimate of drug-likeness (QED) is 0.418. The highest BCUT2D eigenvalue weighted by molar-refractivity contribution is 5.32. The molecule has 0 radical (unpaired) electrons. The second-order valence-electron chi connectivity index (χ2n) is 5.01. The molecule has 0 saturated heterocycles. The Balaban J connectivity index is 2.70. The number of alkyl halides is 3. The zero-order chi connectivity index (χ0) is 15.0. The third kappa shape index (κ3) is 5.13. The zero-order valence-corrected chi connectivity index (χ0v) is 11.8. The van der Waals surface area contributed by atoms with Gasteiger partial charge < -0.3 is 0 Å². The first-order valence-corrected chi connectivity index (χ1v) is 7.13. The summed E-state index contributed by atoms with van der Waals surface area (Å²) in [7, 11) is 0. The monoisotopic (exact) mass is 288 g/mol. The van der Waals surface area contributed by atoms with Gasteiger partial charge >= 0.3 is 6.18 Å². The van der Waals surface area contributed by atoms with Gasteiger partial charge in [-0.15, -0.1) is 0 Å². The van der Waals surface area contributed by atoms with Crippen LogP contribution >= 0.6 is 0 Å². The second kappa shape index (κ2) is 8.27. The van der Waals surface area contributed by atoms with E-state index in [1.54, 1.807) is 6.07 Å². The molecule has 0 aliphatic heterocycles. The van der Waals surface area contributed by atoms with Crippen LogP contribution in [0.3, 0.4) is 0 Å². The molecule has 0 aliphatic rings. The number of unbranched alkanes of at least 4 members (excludes halogenated alkanes) is 4. The average Bonchev–Trinajstić information content (AvgIpc) is 2.42. The van der Waals surface area contributed by atoms with Crippen LogP contribution in [0, 0.1) is 0 Å². The maximum Gasteiger partial charge on any atom is 0.416 e. The summed E-state index contributed by atoms with van der Waals surface area (Å²) in [6, 6.07) is 5.18. The summed E-state index contributed by atoms with van der Waals surface area (Å²) in [5, 5.41) is 0. The van der Waals surface area contributed by atoms with Gasteiger partial charge in [0.25, 0.3) is 0 Å². The molecule has 0 amide bonds. The van der Waals surface area contributed by atoms with Gasteiger partial charge in [0.05, 0.1) is 5.56 Å². The van der Waals surface area contributed by atoms with Crippen molar-refractivity contribution in [2.24, 2.45) is 5.84 Å². The van der Waals surface area contributed by atoms with Crippen molar-refractivity contribution in [1.29, 1.82) is 0 Å². The summed E-state index contributed by atoms with van der Waals surface area (Å²) in [5.41, 5.74) is 2.16. The van der Waals surface area contributed by atoms with E-state index in [9.17, 15) is 13.2 Å². The van der Waals surface area contributed by atoms with E-state index in [4.69, 9.17) is 5.84 Å². The maximum atomic E-state index is 13.0. The number of rotatable bonds is 8. The molecule has 20 heavy (non-hydrogen) atoms. The van der Waals surface area contributed by atoms with E-state index in [-0.39, 0.29) is 5.56 Å². The van der Waals surface area contributed by atoms with Crippen molar-refractivity contribution in [1.82, 2.24) is 5.43 Å². The Labute approximate surface area is 118 Å². The molecule has 1 atom stereocenters. The van der Waals surface area contributed by atoms with Crippen molar-refractivity contribution in [2.45, 2.75) is 57.7 Å². The van der Waals surface area contributed by atoms with Crippen molar-refractivity contribution in [3.8, 4) is 0 Å². The van der Waals surface area contributed by atoms with Gasteiger partial charge in [0.1, 0.15) is 0 Å². The Hall–Kier alpha value is -1.07. The highest BCUT2D eigenvalue weighted by Gasteiger charge is 2.34. The SMILES string of the molecule is CCCCCCCC(NN)c1ccccc1C(F)(F)F. The molecule has 0 saturated carbocycles. The molecule has 1 rings (SSSR count). The third-order valence-electron chi connectivity index (χ3n) is 3.44. The molecule has 0 spiro atoms. The number of hydrazine groups is 1. The van der Waals surface area contributed by atoms with Crippen molar-refractivity contribution in [3.63, 3.8) is 0 Å². The van der Waals surface area contributed by atoms with Crippen molar-refractivity contribution < 1.29 is 13.2 Å². The predicted molar refractivity (Wildman–Crippen MR) is 74.9 cm³/mol. The Morgan fingerprint density at radius 1 is 1.10 bits per heavy atom. The van der Waals surface area contributed by atoms with Crippen LogP contribution in [0.4, 0.5) is 13.2 Å². The molecule has 1 aromatic rings. The van der Waals surface area contributed by atoms with Crippen LogP contribution in [0.1, 0.15) is 62.6 Å². The minimum Gasteiger partial charge on any atom is -0.271 e. The second-order valence-corrected chi connectivity index (χ2v) is 5.01. The standard InChI is InChI=1S/C15H23F3N2/c1-2-3-4-5-6-11-14(20-19)12-9-7-8-10-13(12)15(16,17)18/h7-10,14,20H,2-6,11,19H2,1H3. The first-order chi connectivity index (χ1) is 9.50. The Morgan fingerprint density at radius 2 is 1.75 bits per heavy atom. The molecule has 0 aliphatic carbocycles. The molecule has 3 N–H and O–H groups in total. The van der Waals surface area contributed by atoms with Crippen molar-refractivity contribution in [2.75, 3.05) is 0 Å². The van der Waals surface area contributed by atoms with Gasteiger partial charge in [0.2, 0.25) is 0 Å². The van der Waals surface area contributed by atoms with E-state index in [1.165, 1.54) is 18.6 Å². The number of hydrogen-bond donors (Lipinski definition) is 2. The topological polar surface area (TPSA) is 38.0 Å². The Bertz CT molecular complexity index is 391. The molecular weight excluding hydrogens is 265 g/mol. The smallest absolute Gasteiger partial charge is 0.271 e. The van der Waals surface area contributed by atoms with Gasteiger partial charge in [-0.3, -0.25) is 11.3 Å². The third-order valence-corrected chi connectivity index (χ3v) is 3.44. The van der Waals surface area contributed by atoms with E-state index >= 15 is 0 Å². The molecule has 0 aromatic heterocycles. The molecule has 0 bridgehead atoms. The van der Waals surface area contributed by atoms with Crippen LogP contribution in [0.2, 0.25) is 0 Å². The van der Waals surface area contributed by atoms with E-state index in [2.05, 4.69) is 12.3 Å². The number of benzene rings is 1. The summed E-state index contributed by atoms with van der Waals surface area (Å²) in [5.74, 6) is 5.44. The fourth-order valence-corrected chi connectivity index (χ4v) is 2.34. The summed E-state index contributed by atoms with van der Waals surface area (Å²) >= 11 is 0. The number of nitrogens with two attached hydrogens (primary N) is 1. The fraction of sp³-hybridized carbons (Fsp3) is 0.600. The molecule has 1 aromatic carbocycles. The Kier molecular flexibility index (Phi) is 7.02. The van der Waals surface area contributed by atoms with Gasteiger partial charge in [-0.05, 0) is 18.1 Å². The number of nitrogens with one attached hydrogen (secondary N) is 1. The highest BCUT2D eigenvalue weighted by Crippen LogP contribution is 2.35. The largest absolute Gasteiger partial charge is 0.416 e. The van der Waals surface area contributed by atoms with Gasteiger partial charge in [0.15, 0.2) is 0 Å². The molecular formula is C15H23F3N2. The lowest BCUT2D eigenvalue weighted by Crippen LogP contribution is -2.29. The lowest BCUT2D eigenvalue weighted by molar-refractivity contribution is -0.138. The zero-order valence-electron chi connectivity index (χ0n) is 11.8. The van der Waals surface area contributed by atoms with E-state index in [0.29, 0.717) is 6.42 Å². The van der Waals surface area contributed by atoms with Gasteiger partial charge in [0, 0.05) is 6.04 Å². The summed E-state index contributed by atoms with van der Waals surface area (Å²) in [6.07, 6.45) is 1.62. The molecule has 1 unspecified atom stereocenters. The van der Waals surface area contributed by atoms with E-state index in [1.807, 2.05) is 0 Å². The Morgan fingerprint density at radius 3 is 2.35 bits per heavy atom. The van der Waals surface area contributed by atoms with Crippen molar-refractivity contribution in [3.05, 3.63) is 35.4 Å². The minimum atomic E-state index is -4.34. The lowest BCUT2D eigenvalue weighted by Gasteiger charge is -2.21. The first-order valence-electron chi connectivity index (χ1n) is 7.13. The molecule has 5 heteroatoms. The van der Waals surface area contributed by atoms with Gasteiger partial charge in [-0.2, -0.15) is 13.2 Å². The number of halogens is 3. The summed E-state index contributed by atoms with van der Waals surface area (Å²) < 4.78 is 38.9. The fourth-order valence-electron chi connectivity index (χ4n) is 2.34. The first kappa shape index (κ1) is 17.0. The van der Waals surface area contributed by atoms with Crippen LogP contribution in [0.5, 0.6) is 0 Å². The maximum absolute atomic E-state index is 13.0. The van der Waals surface area contributed by atoms with Crippen LogP contribution < -0.4 is 11.3 Å². The van der Waals surface area contributed by atoms with E-state index in [0.717, 1.165) is 31.7 Å². The van der Waals surface area contributed by atoms with Crippen LogP contribution in [-0.4, -0.2) is 0 Å². The lowest BCUT2D eigenvalue weighted by atomic mass is 9.95. The molecule has 0 fully saturated rings. The minimum absolute atomic E-state index is 0.234. The molecule has 0 heterocycles. The summed E-state index contributed by atoms with van der Waals surface area (Å²) in [6.45, 7) is 2.13. The van der Waals surface area contributed by atoms with Crippen LogP contribution in [0.25, 0.3) is 0 Å². The van der Waals surface area contributed by atoms with Crippen LogP contribution in [-0.2, 0) is 6.18 Å². The predicted octanol–water partition coefficient (Wildman–Crippen LogP) is 4.57. The molecule has 114 valence electrons. The summed E-state index contributed by atoms with van der Waals surface area (Å²) in [4.78, 5) is 0. The number of hydrogen-bond acceptors (Lipinski definition) is 2. The highest BCUT2D eigenvalue weighted by atomic mass is 19.4. The average molecular weight is 288 g/mol. The van der Waals surface area contributed by atoms with Gasteiger partial charge in [-0.25, -0.2) is 0 Å². The molecule has 2 nitrogen and oxygen atoms in total. The normalized spacial score (nSPS) is 13.4. The van der Waals surface area contributed by atoms with Gasteiger partial charge in [-0.1, -0.05) is 57.2 Å². The van der Waals surface area contributed by atoms with Crippen LogP contribution in [0.15, 0.2) is 24.3 Å².